The largest absolute Gasteiger partial charge is 0.399 e. The van der Waals surface area contributed by atoms with Crippen LogP contribution in [0.25, 0.3) is 11.3 Å². The molecule has 3 aromatic rings. The number of nitrogens with two attached hydrogens (primary N) is 1. The number of aromatic nitrogens is 1. The molecule has 0 aliphatic heterocycles. The maximum absolute atomic E-state index is 13.0. The predicted octanol–water partition coefficient (Wildman–Crippen LogP) is 4.58. The van der Waals surface area contributed by atoms with Gasteiger partial charge in [-0.25, -0.2) is 9.37 Å². The Hall–Kier alpha value is -2.40. The number of thiazole rings is 1. The molecule has 3 nitrogen and oxygen atoms in total. The molecule has 5 heteroatoms. The van der Waals surface area contributed by atoms with Crippen LogP contribution in [0, 0.1) is 12.7 Å². The Labute approximate surface area is 126 Å². The fraction of sp³-hybridized carbons (Fsp3) is 0.0625. The molecule has 0 bridgehead atoms. The highest BCUT2D eigenvalue weighted by atomic mass is 32.1. The van der Waals surface area contributed by atoms with E-state index >= 15 is 0 Å². The van der Waals surface area contributed by atoms with Crippen LogP contribution in [0.2, 0.25) is 0 Å². The zero-order valence-electron chi connectivity index (χ0n) is 11.4. The lowest BCUT2D eigenvalue weighted by Gasteiger charge is -2.02. The second-order valence-corrected chi connectivity index (χ2v) is 5.88. The van der Waals surface area contributed by atoms with E-state index in [0.717, 1.165) is 32.6 Å². The number of rotatable bonds is 3. The van der Waals surface area contributed by atoms with Gasteiger partial charge in [0, 0.05) is 21.8 Å². The van der Waals surface area contributed by atoms with Crippen LogP contribution in [-0.4, -0.2) is 4.98 Å². The molecule has 0 saturated heterocycles. The minimum absolute atomic E-state index is 0.244. The van der Waals surface area contributed by atoms with Crippen molar-refractivity contribution in [1.29, 1.82) is 0 Å². The summed E-state index contributed by atoms with van der Waals surface area (Å²) in [7, 11) is 0. The van der Waals surface area contributed by atoms with Crippen LogP contribution in [0.4, 0.5) is 20.9 Å². The van der Waals surface area contributed by atoms with Gasteiger partial charge in [-0.2, -0.15) is 0 Å². The van der Waals surface area contributed by atoms with Crippen molar-refractivity contribution in [1.82, 2.24) is 4.98 Å². The number of anilines is 3. The number of nitrogens with zero attached hydrogens (tertiary/aromatic N) is 1. The first-order valence-electron chi connectivity index (χ1n) is 6.48. The van der Waals surface area contributed by atoms with Gasteiger partial charge in [0.25, 0.3) is 0 Å². The van der Waals surface area contributed by atoms with Gasteiger partial charge >= 0.3 is 0 Å². The maximum atomic E-state index is 13.0. The molecular formula is C16H14FN3S. The topological polar surface area (TPSA) is 50.9 Å². The van der Waals surface area contributed by atoms with E-state index in [1.165, 1.54) is 12.1 Å². The van der Waals surface area contributed by atoms with Crippen LogP contribution in [0.3, 0.4) is 0 Å². The van der Waals surface area contributed by atoms with Gasteiger partial charge in [0.1, 0.15) is 5.82 Å². The van der Waals surface area contributed by atoms with E-state index in [1.807, 2.05) is 31.2 Å². The molecule has 21 heavy (non-hydrogen) atoms. The van der Waals surface area contributed by atoms with E-state index in [4.69, 9.17) is 5.73 Å². The molecule has 0 radical (unpaired) electrons. The minimum Gasteiger partial charge on any atom is -0.399 e. The molecule has 0 aliphatic rings. The Bertz CT molecular complexity index is 748. The zero-order chi connectivity index (χ0) is 14.8. The Kier molecular flexibility index (Phi) is 3.58. The molecule has 3 rings (SSSR count). The number of aryl methyl sites for hydroxylation is 1. The van der Waals surface area contributed by atoms with Gasteiger partial charge in [-0.3, -0.25) is 0 Å². The van der Waals surface area contributed by atoms with Crippen molar-refractivity contribution in [2.75, 3.05) is 11.1 Å². The van der Waals surface area contributed by atoms with Crippen molar-refractivity contribution >= 4 is 27.8 Å². The number of nitrogen functional groups attached to an aromatic ring is 1. The highest BCUT2D eigenvalue weighted by Gasteiger charge is 2.10. The average Bonchev–Trinajstić information content (AvgIpc) is 2.83. The summed E-state index contributed by atoms with van der Waals surface area (Å²) in [6.45, 7) is 2.00. The SMILES string of the molecule is Cc1sc(Nc2ccc(N)cc2)nc1-c1ccc(F)cc1. The summed E-state index contributed by atoms with van der Waals surface area (Å²) in [6, 6.07) is 13.9. The summed E-state index contributed by atoms with van der Waals surface area (Å²) in [5.41, 5.74) is 9.11. The fourth-order valence-electron chi connectivity index (χ4n) is 2.02. The lowest BCUT2D eigenvalue weighted by Crippen LogP contribution is -1.90. The van der Waals surface area contributed by atoms with E-state index in [9.17, 15) is 4.39 Å². The smallest absolute Gasteiger partial charge is 0.187 e. The summed E-state index contributed by atoms with van der Waals surface area (Å²) in [6.07, 6.45) is 0. The Balaban J connectivity index is 1.87. The van der Waals surface area contributed by atoms with Crippen molar-refractivity contribution in [2.24, 2.45) is 0 Å². The zero-order valence-corrected chi connectivity index (χ0v) is 12.2. The summed E-state index contributed by atoms with van der Waals surface area (Å²) in [5.74, 6) is -0.244. The van der Waals surface area contributed by atoms with E-state index < -0.39 is 0 Å². The molecule has 106 valence electrons. The molecule has 0 fully saturated rings. The molecule has 0 saturated carbocycles. The van der Waals surface area contributed by atoms with Gasteiger partial charge in [0.15, 0.2) is 5.13 Å². The Morgan fingerprint density at radius 3 is 2.38 bits per heavy atom. The monoisotopic (exact) mass is 299 g/mol. The van der Waals surface area contributed by atoms with E-state index in [2.05, 4.69) is 10.3 Å². The predicted molar refractivity (Wildman–Crippen MR) is 86.4 cm³/mol. The summed E-state index contributed by atoms with van der Waals surface area (Å²) >= 11 is 1.57. The lowest BCUT2D eigenvalue weighted by atomic mass is 10.1. The molecule has 1 aromatic heterocycles. The molecule has 2 aromatic carbocycles. The Morgan fingerprint density at radius 2 is 1.71 bits per heavy atom. The number of nitrogens with one attached hydrogen (secondary N) is 1. The molecule has 0 atom stereocenters. The van der Waals surface area contributed by atoms with Crippen LogP contribution >= 0.6 is 11.3 Å². The van der Waals surface area contributed by atoms with Crippen LogP contribution in [0.5, 0.6) is 0 Å². The summed E-state index contributed by atoms with van der Waals surface area (Å²) in [5, 5.41) is 4.05. The van der Waals surface area contributed by atoms with Crippen LogP contribution in [0.15, 0.2) is 48.5 Å². The van der Waals surface area contributed by atoms with Gasteiger partial charge in [-0.15, -0.1) is 11.3 Å². The molecule has 3 N–H and O–H groups in total. The van der Waals surface area contributed by atoms with Gasteiger partial charge in [-0.1, -0.05) is 0 Å². The van der Waals surface area contributed by atoms with Crippen molar-refractivity contribution in [3.05, 3.63) is 59.2 Å². The highest BCUT2D eigenvalue weighted by Crippen LogP contribution is 2.32. The second kappa shape index (κ2) is 5.54. The number of hydrogen-bond donors (Lipinski definition) is 2. The average molecular weight is 299 g/mol. The van der Waals surface area contributed by atoms with Gasteiger partial charge < -0.3 is 11.1 Å². The summed E-state index contributed by atoms with van der Waals surface area (Å²) in [4.78, 5) is 5.66. The molecule has 1 heterocycles. The van der Waals surface area contributed by atoms with Gasteiger partial charge in [0.2, 0.25) is 0 Å². The summed E-state index contributed by atoms with van der Waals surface area (Å²) < 4.78 is 13.0. The third-order valence-corrected chi connectivity index (χ3v) is 3.96. The van der Waals surface area contributed by atoms with E-state index in [-0.39, 0.29) is 5.82 Å². The standard InChI is InChI=1S/C16H14FN3S/c1-10-15(11-2-4-12(17)5-3-11)20-16(21-10)19-14-8-6-13(18)7-9-14/h2-9H,18H2,1H3,(H,19,20). The van der Waals surface area contributed by atoms with Crippen LogP contribution in [0.1, 0.15) is 4.88 Å². The van der Waals surface area contributed by atoms with Crippen molar-refractivity contribution < 1.29 is 4.39 Å². The first-order valence-corrected chi connectivity index (χ1v) is 7.29. The highest BCUT2D eigenvalue weighted by molar-refractivity contribution is 7.16. The molecular weight excluding hydrogens is 285 g/mol. The number of halogens is 1. The first-order chi connectivity index (χ1) is 10.1. The van der Waals surface area contributed by atoms with Gasteiger partial charge in [-0.05, 0) is 55.5 Å². The number of benzene rings is 2. The van der Waals surface area contributed by atoms with Crippen LogP contribution < -0.4 is 11.1 Å². The quantitative estimate of drug-likeness (QED) is 0.696. The fourth-order valence-corrected chi connectivity index (χ4v) is 2.87. The second-order valence-electron chi connectivity index (χ2n) is 4.68. The third-order valence-electron chi connectivity index (χ3n) is 3.08. The van der Waals surface area contributed by atoms with E-state index in [1.54, 1.807) is 23.5 Å². The van der Waals surface area contributed by atoms with Crippen LogP contribution in [-0.2, 0) is 0 Å². The van der Waals surface area contributed by atoms with Crippen molar-refractivity contribution in [3.8, 4) is 11.3 Å². The molecule has 0 amide bonds. The van der Waals surface area contributed by atoms with Gasteiger partial charge in [0.05, 0.1) is 5.69 Å². The third kappa shape index (κ3) is 3.03. The molecule has 0 aliphatic carbocycles. The van der Waals surface area contributed by atoms with Crippen molar-refractivity contribution in [2.45, 2.75) is 6.92 Å². The first kappa shape index (κ1) is 13.6. The minimum atomic E-state index is -0.244. The lowest BCUT2D eigenvalue weighted by molar-refractivity contribution is 0.628. The number of hydrogen-bond acceptors (Lipinski definition) is 4. The van der Waals surface area contributed by atoms with Crippen molar-refractivity contribution in [3.63, 3.8) is 0 Å². The Morgan fingerprint density at radius 1 is 1.05 bits per heavy atom. The molecule has 0 unspecified atom stereocenters. The molecule has 0 spiro atoms. The van der Waals surface area contributed by atoms with E-state index in [0.29, 0.717) is 0 Å². The maximum Gasteiger partial charge on any atom is 0.187 e. The normalized spacial score (nSPS) is 10.6.